The van der Waals surface area contributed by atoms with Crippen molar-refractivity contribution in [2.45, 2.75) is 13.0 Å². The maximum atomic E-state index is 11.9. The first-order chi connectivity index (χ1) is 8.70. The van der Waals surface area contributed by atoms with Crippen molar-refractivity contribution >= 4 is 22.2 Å². The van der Waals surface area contributed by atoms with Crippen LogP contribution in [0.3, 0.4) is 0 Å². The average molecular weight is 264 g/mol. The molecule has 5 nitrogen and oxygen atoms in total. The smallest absolute Gasteiger partial charge is 0.239 e. The number of hydrogen-bond donors (Lipinski definition) is 2. The summed E-state index contributed by atoms with van der Waals surface area (Å²) in [5.74, 6) is -0.0531. The lowest BCUT2D eigenvalue weighted by Crippen LogP contribution is -2.51. The van der Waals surface area contributed by atoms with Crippen LogP contribution in [-0.2, 0) is 4.79 Å². The Labute approximate surface area is 110 Å². The summed E-state index contributed by atoms with van der Waals surface area (Å²) in [6, 6.07) is 4.15. The fourth-order valence-electron chi connectivity index (χ4n) is 1.96. The van der Waals surface area contributed by atoms with E-state index in [-0.39, 0.29) is 5.91 Å². The fraction of sp³-hybridized carbons (Fsp3) is 0.500. The minimum atomic E-state index is -0.0531. The quantitative estimate of drug-likeness (QED) is 0.849. The predicted octanol–water partition coefficient (Wildman–Crippen LogP) is 0.852. The van der Waals surface area contributed by atoms with Crippen molar-refractivity contribution in [3.8, 4) is 6.07 Å². The van der Waals surface area contributed by atoms with Gasteiger partial charge < -0.3 is 10.6 Å². The van der Waals surface area contributed by atoms with Gasteiger partial charge in [0.05, 0.1) is 12.1 Å². The Hall–Kier alpha value is -1.42. The van der Waals surface area contributed by atoms with Gasteiger partial charge in [0, 0.05) is 25.7 Å². The van der Waals surface area contributed by atoms with Gasteiger partial charge in [-0.05, 0) is 18.4 Å². The first-order valence-electron chi connectivity index (χ1n) is 5.93. The Morgan fingerprint density at radius 2 is 2.61 bits per heavy atom. The molecule has 1 atom stereocenters. The summed E-state index contributed by atoms with van der Waals surface area (Å²) in [6.07, 6.45) is 0. The molecule has 1 aliphatic heterocycles. The number of amides is 1. The number of nitrogens with zero attached hydrogens (tertiary/aromatic N) is 2. The summed E-state index contributed by atoms with van der Waals surface area (Å²) >= 11 is 1.38. The molecule has 1 aromatic rings. The normalized spacial score (nSPS) is 20.3. The molecule has 6 heteroatoms. The van der Waals surface area contributed by atoms with Crippen molar-refractivity contribution in [2.24, 2.45) is 0 Å². The molecule has 0 spiro atoms. The highest BCUT2D eigenvalue weighted by Crippen LogP contribution is 2.22. The number of piperazine rings is 1. The Balaban J connectivity index is 1.91. The minimum Gasteiger partial charge on any atom is -0.315 e. The number of thiophene rings is 1. The van der Waals surface area contributed by atoms with Gasteiger partial charge in [0.25, 0.3) is 0 Å². The molecule has 0 unspecified atom stereocenters. The topological polar surface area (TPSA) is 68.2 Å². The molecule has 1 amide bonds. The van der Waals surface area contributed by atoms with E-state index >= 15 is 0 Å². The Morgan fingerprint density at radius 3 is 3.33 bits per heavy atom. The highest BCUT2D eigenvalue weighted by molar-refractivity contribution is 7.14. The Bertz CT molecular complexity index is 465. The second-order valence-corrected chi connectivity index (χ2v) is 5.26. The lowest BCUT2D eigenvalue weighted by Gasteiger charge is -2.33. The third-order valence-corrected chi connectivity index (χ3v) is 3.85. The van der Waals surface area contributed by atoms with Crippen LogP contribution in [-0.4, -0.2) is 43.0 Å². The second kappa shape index (κ2) is 5.96. The molecule has 2 N–H and O–H groups in total. The summed E-state index contributed by atoms with van der Waals surface area (Å²) in [5.41, 5.74) is 0.529. The molecule has 0 radical (unpaired) electrons. The lowest BCUT2D eigenvalue weighted by atomic mass is 10.2. The standard InChI is InChI=1S/C12H16N4OS/c1-9-7-14-3-4-16(9)8-11(17)15-12-10(6-13)2-5-18-12/h2,5,9,14H,3-4,7-8H2,1H3,(H,15,17)/t9-/m0/s1. The van der Waals surface area contributed by atoms with Crippen molar-refractivity contribution in [3.05, 3.63) is 17.0 Å². The van der Waals surface area contributed by atoms with Crippen LogP contribution in [0.25, 0.3) is 0 Å². The number of nitrogens with one attached hydrogen (secondary N) is 2. The molecule has 96 valence electrons. The third kappa shape index (κ3) is 3.07. The van der Waals surface area contributed by atoms with E-state index < -0.39 is 0 Å². The van der Waals surface area contributed by atoms with Crippen molar-refractivity contribution in [1.29, 1.82) is 5.26 Å². The van der Waals surface area contributed by atoms with Crippen LogP contribution >= 0.6 is 11.3 Å². The molecule has 0 aromatic carbocycles. The molecule has 18 heavy (non-hydrogen) atoms. The predicted molar refractivity (Wildman–Crippen MR) is 71.6 cm³/mol. The van der Waals surface area contributed by atoms with Gasteiger partial charge in [-0.1, -0.05) is 0 Å². The highest BCUT2D eigenvalue weighted by atomic mass is 32.1. The van der Waals surface area contributed by atoms with Crippen LogP contribution in [0.2, 0.25) is 0 Å². The maximum absolute atomic E-state index is 11.9. The average Bonchev–Trinajstić information content (AvgIpc) is 2.79. The van der Waals surface area contributed by atoms with Gasteiger partial charge in [-0.15, -0.1) is 11.3 Å². The molecule has 0 aliphatic carbocycles. The number of rotatable bonds is 3. The zero-order valence-corrected chi connectivity index (χ0v) is 11.1. The van der Waals surface area contributed by atoms with Crippen molar-refractivity contribution in [1.82, 2.24) is 10.2 Å². The van der Waals surface area contributed by atoms with E-state index in [4.69, 9.17) is 5.26 Å². The minimum absolute atomic E-state index is 0.0531. The molecule has 2 rings (SSSR count). The van der Waals surface area contributed by atoms with E-state index in [1.54, 1.807) is 6.07 Å². The maximum Gasteiger partial charge on any atom is 0.239 e. The van der Waals surface area contributed by atoms with Crippen LogP contribution in [0.4, 0.5) is 5.00 Å². The zero-order valence-electron chi connectivity index (χ0n) is 10.3. The van der Waals surface area contributed by atoms with E-state index in [9.17, 15) is 4.79 Å². The van der Waals surface area contributed by atoms with Gasteiger partial charge in [0.15, 0.2) is 0 Å². The molecule has 1 aliphatic rings. The first kappa shape index (κ1) is 13.0. The second-order valence-electron chi connectivity index (χ2n) is 4.35. The number of hydrogen-bond acceptors (Lipinski definition) is 5. The van der Waals surface area contributed by atoms with Gasteiger partial charge in [0.1, 0.15) is 11.1 Å². The molecule has 2 heterocycles. The van der Waals surface area contributed by atoms with E-state index in [2.05, 4.69) is 28.5 Å². The van der Waals surface area contributed by atoms with Gasteiger partial charge in [-0.25, -0.2) is 0 Å². The molecule has 1 saturated heterocycles. The summed E-state index contributed by atoms with van der Waals surface area (Å²) in [6.45, 7) is 5.19. The third-order valence-electron chi connectivity index (χ3n) is 3.02. The highest BCUT2D eigenvalue weighted by Gasteiger charge is 2.20. The fourth-order valence-corrected chi connectivity index (χ4v) is 2.72. The molecule has 1 fully saturated rings. The Kier molecular flexibility index (Phi) is 4.31. The molecular formula is C12H16N4OS. The van der Waals surface area contributed by atoms with Crippen molar-refractivity contribution in [2.75, 3.05) is 31.5 Å². The van der Waals surface area contributed by atoms with Gasteiger partial charge in [-0.3, -0.25) is 9.69 Å². The van der Waals surface area contributed by atoms with Crippen LogP contribution in [0.15, 0.2) is 11.4 Å². The first-order valence-corrected chi connectivity index (χ1v) is 6.81. The number of anilines is 1. The van der Waals surface area contributed by atoms with Gasteiger partial charge in [-0.2, -0.15) is 5.26 Å². The summed E-state index contributed by atoms with van der Waals surface area (Å²) in [7, 11) is 0. The summed E-state index contributed by atoms with van der Waals surface area (Å²) in [5, 5.41) is 17.4. The molecule has 0 bridgehead atoms. The van der Waals surface area contributed by atoms with Crippen molar-refractivity contribution < 1.29 is 4.79 Å². The molecule has 1 aromatic heterocycles. The van der Waals surface area contributed by atoms with Crippen LogP contribution < -0.4 is 10.6 Å². The van der Waals surface area contributed by atoms with E-state index in [1.165, 1.54) is 11.3 Å². The number of carbonyl (C=O) groups is 1. The monoisotopic (exact) mass is 264 g/mol. The van der Waals surface area contributed by atoms with Crippen molar-refractivity contribution in [3.63, 3.8) is 0 Å². The van der Waals surface area contributed by atoms with E-state index in [0.717, 1.165) is 19.6 Å². The van der Waals surface area contributed by atoms with Gasteiger partial charge >= 0.3 is 0 Å². The van der Waals surface area contributed by atoms with E-state index in [1.807, 2.05) is 5.38 Å². The molecule has 0 saturated carbocycles. The largest absolute Gasteiger partial charge is 0.315 e. The van der Waals surface area contributed by atoms with Crippen LogP contribution in [0, 0.1) is 11.3 Å². The lowest BCUT2D eigenvalue weighted by molar-refractivity contribution is -0.118. The molecular weight excluding hydrogens is 248 g/mol. The SMILES string of the molecule is C[C@H]1CNCCN1CC(=O)Nc1sccc1C#N. The zero-order chi connectivity index (χ0) is 13.0. The van der Waals surface area contributed by atoms with E-state index in [0.29, 0.717) is 23.2 Å². The van der Waals surface area contributed by atoms with Crippen LogP contribution in [0.5, 0.6) is 0 Å². The summed E-state index contributed by atoms with van der Waals surface area (Å²) < 4.78 is 0. The summed E-state index contributed by atoms with van der Waals surface area (Å²) in [4.78, 5) is 14.1. The van der Waals surface area contributed by atoms with Gasteiger partial charge in [0.2, 0.25) is 5.91 Å². The Morgan fingerprint density at radius 1 is 1.78 bits per heavy atom. The van der Waals surface area contributed by atoms with Crippen LogP contribution in [0.1, 0.15) is 12.5 Å². The number of carbonyl (C=O) groups excluding carboxylic acids is 1. The number of nitriles is 1.